The van der Waals surface area contributed by atoms with Gasteiger partial charge in [-0.1, -0.05) is 40.5 Å². The minimum atomic E-state index is -1.25. The number of ketones is 1. The van der Waals surface area contributed by atoms with Crippen molar-refractivity contribution in [3.8, 4) is 0 Å². The molecule has 1 heterocycles. The Balaban J connectivity index is 1.78. The van der Waals surface area contributed by atoms with Gasteiger partial charge in [-0.15, -0.1) is 0 Å². The topological polar surface area (TPSA) is 69.7 Å². The first-order valence-corrected chi connectivity index (χ1v) is 10.0. The molecule has 3 fully saturated rings. The van der Waals surface area contributed by atoms with Crippen molar-refractivity contribution < 1.29 is 23.9 Å². The molecule has 0 aromatic rings. The molecule has 0 aromatic heterocycles. The standard InChI is InChI=1S/C21H32O5/c1-6-7-10-19(4)11-8-9-14(15(19)22)25-17(24)21-13-12-20(5,16(23)26-21)18(21,2)3/h14H,6-13H2,1-5H3/t14-,19-,20?,21?/m0/s1. The van der Waals surface area contributed by atoms with E-state index in [0.29, 0.717) is 19.3 Å². The molecule has 2 aliphatic carbocycles. The van der Waals surface area contributed by atoms with Gasteiger partial charge in [0.15, 0.2) is 11.9 Å². The lowest BCUT2D eigenvalue weighted by molar-refractivity contribution is -0.190. The van der Waals surface area contributed by atoms with Crippen molar-refractivity contribution >= 4 is 17.7 Å². The predicted octanol–water partition coefficient (Wildman–Crippen LogP) is 3.97. The molecule has 0 aromatic carbocycles. The van der Waals surface area contributed by atoms with Crippen LogP contribution in [0.1, 0.15) is 86.0 Å². The van der Waals surface area contributed by atoms with E-state index in [-0.39, 0.29) is 11.8 Å². The molecule has 3 aliphatic rings. The van der Waals surface area contributed by atoms with Crippen LogP contribution in [0.3, 0.4) is 0 Å². The molecule has 4 atom stereocenters. The van der Waals surface area contributed by atoms with Crippen molar-refractivity contribution in [2.75, 3.05) is 0 Å². The first kappa shape index (κ1) is 19.4. The maximum Gasteiger partial charge on any atom is 0.351 e. The highest BCUT2D eigenvalue weighted by atomic mass is 16.6. The van der Waals surface area contributed by atoms with E-state index >= 15 is 0 Å². The predicted molar refractivity (Wildman–Crippen MR) is 96.3 cm³/mol. The molecular weight excluding hydrogens is 332 g/mol. The normalized spacial score (nSPS) is 41.2. The maximum atomic E-state index is 13.1. The number of rotatable bonds is 5. The summed E-state index contributed by atoms with van der Waals surface area (Å²) in [6, 6.07) is 0. The molecule has 5 heteroatoms. The second kappa shape index (κ2) is 6.07. The number of hydrogen-bond acceptors (Lipinski definition) is 5. The third kappa shape index (κ3) is 2.38. The average molecular weight is 364 g/mol. The van der Waals surface area contributed by atoms with Crippen LogP contribution in [0.5, 0.6) is 0 Å². The van der Waals surface area contributed by atoms with Crippen LogP contribution in [0.25, 0.3) is 0 Å². The van der Waals surface area contributed by atoms with Crippen LogP contribution < -0.4 is 0 Å². The third-order valence-corrected chi connectivity index (χ3v) is 7.83. The zero-order chi connectivity index (χ0) is 19.4. The van der Waals surface area contributed by atoms with Crippen molar-refractivity contribution in [3.05, 3.63) is 0 Å². The molecular formula is C21H32O5. The molecule has 1 aliphatic heterocycles. The summed E-state index contributed by atoms with van der Waals surface area (Å²) in [5.41, 5.74) is -2.98. The number of unbranched alkanes of at least 4 members (excludes halogenated alkanes) is 1. The van der Waals surface area contributed by atoms with Gasteiger partial charge in [-0.25, -0.2) is 4.79 Å². The number of carbonyl (C=O) groups is 3. The summed E-state index contributed by atoms with van der Waals surface area (Å²) in [5.74, 6) is -0.826. The lowest BCUT2D eigenvalue weighted by atomic mass is 9.66. The quantitative estimate of drug-likeness (QED) is 0.690. The summed E-state index contributed by atoms with van der Waals surface area (Å²) >= 11 is 0. The van der Waals surface area contributed by atoms with Crippen molar-refractivity contribution in [2.24, 2.45) is 16.2 Å². The van der Waals surface area contributed by atoms with Crippen LogP contribution in [0.4, 0.5) is 0 Å². The molecule has 1 saturated heterocycles. The Bertz CT molecular complexity index is 638. The van der Waals surface area contributed by atoms with E-state index in [1.807, 2.05) is 27.7 Å². The van der Waals surface area contributed by atoms with Gasteiger partial charge >= 0.3 is 11.9 Å². The summed E-state index contributed by atoms with van der Waals surface area (Å²) in [7, 11) is 0. The molecule has 5 nitrogen and oxygen atoms in total. The smallest absolute Gasteiger partial charge is 0.351 e. The van der Waals surface area contributed by atoms with Gasteiger partial charge in [-0.2, -0.15) is 0 Å². The number of ether oxygens (including phenoxy) is 2. The van der Waals surface area contributed by atoms with E-state index in [4.69, 9.17) is 9.47 Å². The molecule has 0 radical (unpaired) electrons. The summed E-state index contributed by atoms with van der Waals surface area (Å²) in [6.45, 7) is 9.78. The Labute approximate surface area is 156 Å². The fourth-order valence-corrected chi connectivity index (χ4v) is 5.17. The van der Waals surface area contributed by atoms with Crippen LogP contribution >= 0.6 is 0 Å². The second-order valence-corrected chi connectivity index (χ2v) is 9.49. The molecule has 0 N–H and O–H groups in total. The molecule has 2 bridgehead atoms. The van der Waals surface area contributed by atoms with E-state index in [9.17, 15) is 14.4 Å². The van der Waals surface area contributed by atoms with Crippen molar-refractivity contribution in [1.82, 2.24) is 0 Å². The van der Waals surface area contributed by atoms with Gasteiger partial charge in [-0.3, -0.25) is 9.59 Å². The van der Waals surface area contributed by atoms with Crippen LogP contribution in [0.2, 0.25) is 0 Å². The summed E-state index contributed by atoms with van der Waals surface area (Å²) in [4.78, 5) is 38.5. The number of carbonyl (C=O) groups excluding carboxylic acids is 3. The van der Waals surface area contributed by atoms with E-state index in [1.165, 1.54) is 0 Å². The monoisotopic (exact) mass is 364 g/mol. The van der Waals surface area contributed by atoms with Gasteiger partial charge in [0.25, 0.3) is 0 Å². The zero-order valence-electron chi connectivity index (χ0n) is 16.8. The van der Waals surface area contributed by atoms with Gasteiger partial charge < -0.3 is 9.47 Å². The average Bonchev–Trinajstić information content (AvgIpc) is 2.88. The van der Waals surface area contributed by atoms with E-state index in [0.717, 1.165) is 32.1 Å². The molecule has 0 spiro atoms. The fraction of sp³-hybridized carbons (Fsp3) is 0.857. The number of fused-ring (bicyclic) bond motifs is 2. The van der Waals surface area contributed by atoms with Crippen LogP contribution in [0, 0.1) is 16.2 Å². The number of esters is 2. The largest absolute Gasteiger partial charge is 0.451 e. The van der Waals surface area contributed by atoms with Crippen molar-refractivity contribution in [1.29, 1.82) is 0 Å². The lowest BCUT2D eigenvalue weighted by Crippen LogP contribution is -2.52. The highest BCUT2D eigenvalue weighted by molar-refractivity contribution is 5.96. The Hall–Kier alpha value is -1.39. The van der Waals surface area contributed by atoms with E-state index < -0.39 is 33.9 Å². The molecule has 3 rings (SSSR count). The van der Waals surface area contributed by atoms with Crippen LogP contribution in [-0.4, -0.2) is 29.4 Å². The first-order valence-electron chi connectivity index (χ1n) is 10.0. The number of Topliss-reactive ketones (excluding diaryl/α,β-unsaturated/α-hetero) is 1. The van der Waals surface area contributed by atoms with Gasteiger partial charge in [0.1, 0.15) is 0 Å². The van der Waals surface area contributed by atoms with Crippen LogP contribution in [-0.2, 0) is 23.9 Å². The van der Waals surface area contributed by atoms with Crippen molar-refractivity contribution in [2.45, 2.75) is 97.7 Å². The third-order valence-electron chi connectivity index (χ3n) is 7.83. The Morgan fingerprint density at radius 3 is 2.38 bits per heavy atom. The van der Waals surface area contributed by atoms with Gasteiger partial charge in [-0.05, 0) is 45.4 Å². The molecule has 2 unspecified atom stereocenters. The highest BCUT2D eigenvalue weighted by Gasteiger charge is 2.76. The molecule has 146 valence electrons. The summed E-state index contributed by atoms with van der Waals surface area (Å²) in [6.07, 6.45) is 5.52. The highest BCUT2D eigenvalue weighted by Crippen LogP contribution is 2.66. The maximum absolute atomic E-state index is 13.1. The van der Waals surface area contributed by atoms with E-state index in [2.05, 4.69) is 6.92 Å². The minimum Gasteiger partial charge on any atom is -0.451 e. The lowest BCUT2D eigenvalue weighted by Gasteiger charge is -2.39. The molecule has 2 saturated carbocycles. The SMILES string of the molecule is CCCC[C@@]1(C)CCC[C@H](OC(=O)C23CCC(C)(C(=O)O2)C3(C)C)C1=O. The van der Waals surface area contributed by atoms with Crippen LogP contribution in [0.15, 0.2) is 0 Å². The summed E-state index contributed by atoms with van der Waals surface area (Å²) < 4.78 is 11.3. The number of hydrogen-bond donors (Lipinski definition) is 0. The Kier molecular flexibility index (Phi) is 4.52. The summed E-state index contributed by atoms with van der Waals surface area (Å²) in [5, 5.41) is 0. The Morgan fingerprint density at radius 2 is 1.85 bits per heavy atom. The van der Waals surface area contributed by atoms with E-state index in [1.54, 1.807) is 0 Å². The van der Waals surface area contributed by atoms with Crippen molar-refractivity contribution in [3.63, 3.8) is 0 Å². The van der Waals surface area contributed by atoms with Gasteiger partial charge in [0.05, 0.1) is 5.41 Å². The van der Waals surface area contributed by atoms with Gasteiger partial charge in [0, 0.05) is 10.8 Å². The second-order valence-electron chi connectivity index (χ2n) is 9.49. The Morgan fingerprint density at radius 1 is 1.15 bits per heavy atom. The first-order chi connectivity index (χ1) is 12.0. The molecule has 26 heavy (non-hydrogen) atoms. The minimum absolute atomic E-state index is 0.0323. The zero-order valence-corrected chi connectivity index (χ0v) is 16.8. The molecule has 0 amide bonds. The van der Waals surface area contributed by atoms with Gasteiger partial charge in [0.2, 0.25) is 5.60 Å². The fourth-order valence-electron chi connectivity index (χ4n) is 5.17.